The van der Waals surface area contributed by atoms with Crippen molar-refractivity contribution in [1.82, 2.24) is 4.31 Å². The number of amides is 1. The third kappa shape index (κ3) is 4.45. The fourth-order valence-corrected chi connectivity index (χ4v) is 4.42. The number of rotatable bonds is 4. The van der Waals surface area contributed by atoms with Crippen LogP contribution in [0.3, 0.4) is 0 Å². The Labute approximate surface area is 167 Å². The van der Waals surface area contributed by atoms with Crippen LogP contribution in [0.5, 0.6) is 0 Å². The van der Waals surface area contributed by atoms with Gasteiger partial charge < -0.3 is 5.32 Å². The molecule has 5 nitrogen and oxygen atoms in total. The smallest absolute Gasteiger partial charge is 0.255 e. The molecule has 6 heteroatoms. The zero-order valence-electron chi connectivity index (χ0n) is 17.0. The molecule has 28 heavy (non-hydrogen) atoms. The Morgan fingerprint density at radius 3 is 2.36 bits per heavy atom. The molecule has 0 radical (unpaired) electrons. The SMILES string of the molecule is CCS(=O)(=O)N1CCc2ccc(NC(=O)c3ccc(C(C)(C)C)cc3)cc2C1. The van der Waals surface area contributed by atoms with Crippen molar-refractivity contribution in [2.24, 2.45) is 0 Å². The summed E-state index contributed by atoms with van der Waals surface area (Å²) in [4.78, 5) is 12.6. The molecular formula is C22H28N2O3S. The molecule has 150 valence electrons. The van der Waals surface area contributed by atoms with Crippen molar-refractivity contribution in [3.8, 4) is 0 Å². The van der Waals surface area contributed by atoms with Gasteiger partial charge in [0.05, 0.1) is 5.75 Å². The first kappa shape index (κ1) is 20.6. The minimum atomic E-state index is -3.21. The third-order valence-electron chi connectivity index (χ3n) is 5.21. The Bertz CT molecular complexity index is 974. The molecular weight excluding hydrogens is 372 g/mol. The number of hydrogen-bond acceptors (Lipinski definition) is 3. The molecule has 0 saturated heterocycles. The van der Waals surface area contributed by atoms with Crippen LogP contribution in [0, 0.1) is 0 Å². The number of nitrogens with zero attached hydrogens (tertiary/aromatic N) is 1. The van der Waals surface area contributed by atoms with Crippen LogP contribution < -0.4 is 5.32 Å². The number of fused-ring (bicyclic) bond motifs is 1. The van der Waals surface area contributed by atoms with Crippen LogP contribution in [0.25, 0.3) is 0 Å². The molecule has 0 aliphatic carbocycles. The summed E-state index contributed by atoms with van der Waals surface area (Å²) in [6, 6.07) is 13.4. The number of sulfonamides is 1. The lowest BCUT2D eigenvalue weighted by Crippen LogP contribution is -2.36. The van der Waals surface area contributed by atoms with Gasteiger partial charge in [0.2, 0.25) is 10.0 Å². The van der Waals surface area contributed by atoms with Gasteiger partial charge in [0.25, 0.3) is 5.91 Å². The first-order valence-electron chi connectivity index (χ1n) is 9.61. The molecule has 1 aliphatic heterocycles. The minimum absolute atomic E-state index is 0.0399. The van der Waals surface area contributed by atoms with E-state index in [0.717, 1.165) is 11.1 Å². The Kier molecular flexibility index (Phi) is 5.64. The summed E-state index contributed by atoms with van der Waals surface area (Å²) in [7, 11) is -3.21. The van der Waals surface area contributed by atoms with Crippen molar-refractivity contribution in [2.45, 2.75) is 46.1 Å². The van der Waals surface area contributed by atoms with Gasteiger partial charge in [-0.3, -0.25) is 4.79 Å². The normalized spacial score (nSPS) is 15.1. The van der Waals surface area contributed by atoms with Gasteiger partial charge in [-0.05, 0) is 59.7 Å². The highest BCUT2D eigenvalue weighted by Crippen LogP contribution is 2.25. The van der Waals surface area contributed by atoms with Crippen molar-refractivity contribution in [2.75, 3.05) is 17.6 Å². The highest BCUT2D eigenvalue weighted by molar-refractivity contribution is 7.89. The van der Waals surface area contributed by atoms with Gasteiger partial charge in [0.1, 0.15) is 0 Å². The van der Waals surface area contributed by atoms with E-state index in [4.69, 9.17) is 0 Å². The van der Waals surface area contributed by atoms with E-state index in [1.165, 1.54) is 9.87 Å². The van der Waals surface area contributed by atoms with Gasteiger partial charge in [-0.2, -0.15) is 4.31 Å². The summed E-state index contributed by atoms with van der Waals surface area (Å²) in [6.45, 7) is 8.93. The highest BCUT2D eigenvalue weighted by atomic mass is 32.2. The number of hydrogen-bond donors (Lipinski definition) is 1. The molecule has 1 N–H and O–H groups in total. The van der Waals surface area contributed by atoms with Crippen molar-refractivity contribution < 1.29 is 13.2 Å². The van der Waals surface area contributed by atoms with Crippen LogP contribution in [0.4, 0.5) is 5.69 Å². The number of anilines is 1. The maximum atomic E-state index is 12.6. The van der Waals surface area contributed by atoms with Crippen molar-refractivity contribution in [3.05, 3.63) is 64.7 Å². The summed E-state index contributed by atoms with van der Waals surface area (Å²) in [6.07, 6.45) is 0.692. The molecule has 1 aliphatic rings. The molecule has 0 aromatic heterocycles. The molecule has 0 unspecified atom stereocenters. The van der Waals surface area contributed by atoms with Gasteiger partial charge in [0, 0.05) is 24.3 Å². The van der Waals surface area contributed by atoms with Gasteiger partial charge in [-0.15, -0.1) is 0 Å². The van der Waals surface area contributed by atoms with Crippen LogP contribution in [0.2, 0.25) is 0 Å². The number of nitrogens with one attached hydrogen (secondary N) is 1. The monoisotopic (exact) mass is 400 g/mol. The zero-order valence-corrected chi connectivity index (χ0v) is 17.8. The molecule has 0 atom stereocenters. The Morgan fingerprint density at radius 2 is 1.75 bits per heavy atom. The van der Waals surface area contributed by atoms with E-state index in [2.05, 4.69) is 26.1 Å². The van der Waals surface area contributed by atoms with E-state index in [1.807, 2.05) is 42.5 Å². The van der Waals surface area contributed by atoms with E-state index in [0.29, 0.717) is 30.8 Å². The average molecular weight is 401 g/mol. The second-order valence-corrected chi connectivity index (χ2v) is 10.5. The molecule has 0 fully saturated rings. The maximum Gasteiger partial charge on any atom is 0.255 e. The van der Waals surface area contributed by atoms with E-state index in [-0.39, 0.29) is 17.1 Å². The van der Waals surface area contributed by atoms with Gasteiger partial charge >= 0.3 is 0 Å². The van der Waals surface area contributed by atoms with Gasteiger partial charge in [-0.25, -0.2) is 8.42 Å². The second-order valence-electron chi connectivity index (χ2n) is 8.25. The second kappa shape index (κ2) is 7.68. The molecule has 1 amide bonds. The first-order chi connectivity index (χ1) is 13.1. The van der Waals surface area contributed by atoms with Crippen LogP contribution in [0.1, 0.15) is 54.7 Å². The molecule has 0 bridgehead atoms. The maximum absolute atomic E-state index is 12.6. The Balaban J connectivity index is 1.75. The topological polar surface area (TPSA) is 66.5 Å². The van der Waals surface area contributed by atoms with E-state index in [9.17, 15) is 13.2 Å². The number of benzene rings is 2. The van der Waals surface area contributed by atoms with E-state index in [1.54, 1.807) is 6.92 Å². The summed E-state index contributed by atoms with van der Waals surface area (Å²) < 4.78 is 25.9. The lowest BCUT2D eigenvalue weighted by atomic mass is 9.87. The van der Waals surface area contributed by atoms with E-state index < -0.39 is 10.0 Å². The highest BCUT2D eigenvalue weighted by Gasteiger charge is 2.25. The lowest BCUT2D eigenvalue weighted by Gasteiger charge is -2.28. The first-order valence-corrected chi connectivity index (χ1v) is 11.2. The fraction of sp³-hybridized carbons (Fsp3) is 0.409. The summed E-state index contributed by atoms with van der Waals surface area (Å²) >= 11 is 0. The van der Waals surface area contributed by atoms with Crippen LogP contribution >= 0.6 is 0 Å². The third-order valence-corrected chi connectivity index (χ3v) is 7.04. The zero-order chi connectivity index (χ0) is 20.5. The molecule has 2 aromatic carbocycles. The van der Waals surface area contributed by atoms with Gasteiger partial charge in [0.15, 0.2) is 0 Å². The summed E-state index contributed by atoms with van der Waals surface area (Å²) in [5.74, 6) is -0.0715. The lowest BCUT2D eigenvalue weighted by molar-refractivity contribution is 0.102. The quantitative estimate of drug-likeness (QED) is 0.845. The van der Waals surface area contributed by atoms with Crippen LogP contribution in [-0.2, 0) is 28.4 Å². The standard InChI is InChI=1S/C22H28N2O3S/c1-5-28(26,27)24-13-12-16-8-11-20(14-18(16)15-24)23-21(25)17-6-9-19(10-7-17)22(2,3)4/h6-11,14H,5,12-13,15H2,1-4H3,(H,23,25). The van der Waals surface area contributed by atoms with E-state index >= 15 is 0 Å². The van der Waals surface area contributed by atoms with Crippen LogP contribution in [0.15, 0.2) is 42.5 Å². The van der Waals surface area contributed by atoms with Crippen molar-refractivity contribution in [3.63, 3.8) is 0 Å². The molecule has 0 saturated carbocycles. The largest absolute Gasteiger partial charge is 0.322 e. The van der Waals surface area contributed by atoms with Gasteiger partial charge in [-0.1, -0.05) is 39.0 Å². The fourth-order valence-electron chi connectivity index (χ4n) is 3.35. The predicted molar refractivity (Wildman–Crippen MR) is 113 cm³/mol. The summed E-state index contributed by atoms with van der Waals surface area (Å²) in [5, 5.41) is 2.93. The predicted octanol–water partition coefficient (Wildman–Crippen LogP) is 3.94. The molecule has 3 rings (SSSR count). The Hall–Kier alpha value is -2.18. The minimum Gasteiger partial charge on any atom is -0.322 e. The van der Waals surface area contributed by atoms with Crippen LogP contribution in [-0.4, -0.2) is 30.9 Å². The Morgan fingerprint density at radius 1 is 1.07 bits per heavy atom. The van der Waals surface area contributed by atoms with Crippen molar-refractivity contribution in [1.29, 1.82) is 0 Å². The summed E-state index contributed by atoms with van der Waals surface area (Å²) in [5.41, 5.74) is 4.58. The molecule has 2 aromatic rings. The number of carbonyl (C=O) groups excluding carboxylic acids is 1. The average Bonchev–Trinajstić information content (AvgIpc) is 2.66. The molecule has 1 heterocycles. The van der Waals surface area contributed by atoms with Crippen molar-refractivity contribution >= 4 is 21.6 Å². The number of carbonyl (C=O) groups is 1. The molecule has 0 spiro atoms.